The molecular weight excluding hydrogens is 318 g/mol. The van der Waals surface area contributed by atoms with Crippen molar-refractivity contribution in [2.24, 2.45) is 5.92 Å². The van der Waals surface area contributed by atoms with E-state index in [1.54, 1.807) is 19.1 Å². The Bertz CT molecular complexity index is 594. The van der Waals surface area contributed by atoms with Crippen molar-refractivity contribution in [3.8, 4) is 0 Å². The Labute approximate surface area is 141 Å². The molecule has 1 amide bonds. The van der Waals surface area contributed by atoms with E-state index in [4.69, 9.17) is 0 Å². The molecule has 126 valence electrons. The van der Waals surface area contributed by atoms with Gasteiger partial charge >= 0.3 is 0 Å². The molecule has 1 saturated heterocycles. The van der Waals surface area contributed by atoms with Gasteiger partial charge < -0.3 is 10.6 Å². The van der Waals surface area contributed by atoms with Crippen molar-refractivity contribution in [3.05, 3.63) is 33.9 Å². The lowest BCUT2D eigenvalue weighted by atomic mass is 9.85. The molecular formula is C16H22ClN3O3. The predicted octanol–water partition coefficient (Wildman–Crippen LogP) is 3.18. The topological polar surface area (TPSA) is 84.3 Å². The molecule has 2 N–H and O–H groups in total. The lowest BCUT2D eigenvalue weighted by Gasteiger charge is -2.24. The number of anilines is 1. The molecule has 0 spiro atoms. The van der Waals surface area contributed by atoms with E-state index in [1.807, 2.05) is 0 Å². The van der Waals surface area contributed by atoms with Gasteiger partial charge in [-0.25, -0.2) is 0 Å². The van der Waals surface area contributed by atoms with Gasteiger partial charge in [0.05, 0.1) is 11.0 Å². The number of halogens is 1. The third-order valence-corrected chi connectivity index (χ3v) is 4.85. The molecule has 0 radical (unpaired) electrons. The zero-order chi connectivity index (χ0) is 15.7. The highest BCUT2D eigenvalue weighted by Crippen LogP contribution is 2.33. The van der Waals surface area contributed by atoms with E-state index in [0.29, 0.717) is 23.2 Å². The average Bonchev–Trinajstić information content (AvgIpc) is 2.93. The normalized spacial score (nSPS) is 26.0. The molecule has 7 heteroatoms. The molecule has 0 bridgehead atoms. The van der Waals surface area contributed by atoms with Gasteiger partial charge in [-0.05, 0) is 38.2 Å². The lowest BCUT2D eigenvalue weighted by molar-refractivity contribution is -0.385. The van der Waals surface area contributed by atoms with Crippen molar-refractivity contribution in [2.75, 3.05) is 5.32 Å². The maximum absolute atomic E-state index is 12.4. The smallest absolute Gasteiger partial charge is 0.274 e. The summed E-state index contributed by atoms with van der Waals surface area (Å²) in [6, 6.07) is 5.07. The van der Waals surface area contributed by atoms with Crippen LogP contribution in [0.2, 0.25) is 0 Å². The molecule has 2 aliphatic rings. The first-order chi connectivity index (χ1) is 10.5. The number of hydrogen-bond acceptors (Lipinski definition) is 4. The van der Waals surface area contributed by atoms with Crippen LogP contribution in [0.25, 0.3) is 0 Å². The number of carbonyl (C=O) groups is 1. The number of nitrogens with zero attached hydrogens (tertiary/aromatic N) is 1. The molecule has 1 aliphatic carbocycles. The van der Waals surface area contributed by atoms with Crippen molar-refractivity contribution in [2.45, 2.75) is 51.1 Å². The SMILES string of the molecule is Cc1ccc(NC(=O)C2CC3CCCCC3N2)cc1[N+](=O)[O-].Cl. The van der Waals surface area contributed by atoms with Gasteiger partial charge in [-0.15, -0.1) is 12.4 Å². The van der Waals surface area contributed by atoms with Gasteiger partial charge in [0.2, 0.25) is 5.91 Å². The van der Waals surface area contributed by atoms with Crippen LogP contribution >= 0.6 is 12.4 Å². The summed E-state index contributed by atoms with van der Waals surface area (Å²) in [4.78, 5) is 22.9. The summed E-state index contributed by atoms with van der Waals surface area (Å²) in [5.41, 5.74) is 1.11. The van der Waals surface area contributed by atoms with Gasteiger partial charge in [0, 0.05) is 23.4 Å². The van der Waals surface area contributed by atoms with Gasteiger partial charge in [0.1, 0.15) is 0 Å². The highest BCUT2D eigenvalue weighted by atomic mass is 35.5. The molecule has 3 unspecified atom stereocenters. The predicted molar refractivity (Wildman–Crippen MR) is 91.0 cm³/mol. The standard InChI is InChI=1S/C16H21N3O3.ClH/c1-10-6-7-12(9-15(10)19(21)22)17-16(20)14-8-11-4-2-3-5-13(11)18-14;/h6-7,9,11,13-14,18H,2-5,8H2,1H3,(H,17,20);1H. The van der Waals surface area contributed by atoms with Crippen LogP contribution in [0.4, 0.5) is 11.4 Å². The Hall–Kier alpha value is -1.66. The second-order valence-electron chi connectivity index (χ2n) is 6.35. The summed E-state index contributed by atoms with van der Waals surface area (Å²) >= 11 is 0. The molecule has 2 fully saturated rings. The quantitative estimate of drug-likeness (QED) is 0.654. The first kappa shape index (κ1) is 17.7. The number of nitrogens with one attached hydrogen (secondary N) is 2. The van der Waals surface area contributed by atoms with Gasteiger partial charge in [0.25, 0.3) is 5.69 Å². The zero-order valence-electron chi connectivity index (χ0n) is 13.1. The van der Waals surface area contributed by atoms with Crippen LogP contribution in [-0.4, -0.2) is 22.9 Å². The third kappa shape index (κ3) is 3.82. The fraction of sp³-hybridized carbons (Fsp3) is 0.562. The number of nitro benzene ring substituents is 1. The van der Waals surface area contributed by atoms with E-state index in [9.17, 15) is 14.9 Å². The van der Waals surface area contributed by atoms with Crippen LogP contribution in [0.15, 0.2) is 18.2 Å². The third-order valence-electron chi connectivity index (χ3n) is 4.85. The van der Waals surface area contributed by atoms with Crippen molar-refractivity contribution >= 4 is 29.7 Å². The Balaban J connectivity index is 0.00000192. The minimum Gasteiger partial charge on any atom is -0.324 e. The molecule has 1 saturated carbocycles. The minimum atomic E-state index is -0.423. The van der Waals surface area contributed by atoms with Crippen LogP contribution < -0.4 is 10.6 Å². The first-order valence-corrected chi connectivity index (χ1v) is 7.86. The number of rotatable bonds is 3. The van der Waals surface area contributed by atoms with Crippen LogP contribution in [0.5, 0.6) is 0 Å². The van der Waals surface area contributed by atoms with Crippen LogP contribution in [0, 0.1) is 23.0 Å². The van der Waals surface area contributed by atoms with E-state index < -0.39 is 4.92 Å². The van der Waals surface area contributed by atoms with Crippen LogP contribution in [0.3, 0.4) is 0 Å². The number of fused-ring (bicyclic) bond motifs is 1. The van der Waals surface area contributed by atoms with E-state index in [1.165, 1.54) is 25.3 Å². The summed E-state index contributed by atoms with van der Waals surface area (Å²) in [5, 5.41) is 17.2. The van der Waals surface area contributed by atoms with Crippen LogP contribution in [0.1, 0.15) is 37.7 Å². The second-order valence-corrected chi connectivity index (χ2v) is 6.35. The Morgan fingerprint density at radius 1 is 1.35 bits per heavy atom. The summed E-state index contributed by atoms with van der Waals surface area (Å²) < 4.78 is 0. The van der Waals surface area contributed by atoms with Crippen molar-refractivity contribution in [1.29, 1.82) is 0 Å². The Kier molecular flexibility index (Phi) is 5.59. The summed E-state index contributed by atoms with van der Waals surface area (Å²) in [6.07, 6.45) is 5.68. The summed E-state index contributed by atoms with van der Waals surface area (Å²) in [6.45, 7) is 1.69. The molecule has 1 aromatic rings. The number of benzene rings is 1. The van der Waals surface area contributed by atoms with E-state index in [2.05, 4.69) is 10.6 Å². The molecule has 6 nitrogen and oxygen atoms in total. The molecule has 1 heterocycles. The minimum absolute atomic E-state index is 0. The number of amides is 1. The molecule has 0 aromatic heterocycles. The van der Waals surface area contributed by atoms with Crippen molar-refractivity contribution in [3.63, 3.8) is 0 Å². The van der Waals surface area contributed by atoms with E-state index >= 15 is 0 Å². The van der Waals surface area contributed by atoms with Crippen molar-refractivity contribution in [1.82, 2.24) is 5.32 Å². The lowest BCUT2D eigenvalue weighted by Crippen LogP contribution is -2.39. The van der Waals surface area contributed by atoms with Crippen molar-refractivity contribution < 1.29 is 9.72 Å². The number of carbonyl (C=O) groups excluding carboxylic acids is 1. The van der Waals surface area contributed by atoms with Gasteiger partial charge in [-0.1, -0.05) is 18.9 Å². The molecule has 1 aliphatic heterocycles. The largest absolute Gasteiger partial charge is 0.324 e. The number of hydrogen-bond donors (Lipinski definition) is 2. The average molecular weight is 340 g/mol. The molecule has 3 rings (SSSR count). The van der Waals surface area contributed by atoms with Crippen LogP contribution in [-0.2, 0) is 4.79 Å². The highest BCUT2D eigenvalue weighted by molar-refractivity contribution is 5.95. The van der Waals surface area contributed by atoms with Gasteiger partial charge in [0.15, 0.2) is 0 Å². The molecule has 23 heavy (non-hydrogen) atoms. The van der Waals surface area contributed by atoms with E-state index in [-0.39, 0.29) is 30.0 Å². The second kappa shape index (κ2) is 7.27. The summed E-state index contributed by atoms with van der Waals surface area (Å²) in [7, 11) is 0. The number of aryl methyl sites for hydroxylation is 1. The first-order valence-electron chi connectivity index (χ1n) is 7.86. The Morgan fingerprint density at radius 3 is 2.78 bits per heavy atom. The molecule has 1 aromatic carbocycles. The maximum atomic E-state index is 12.4. The van der Waals surface area contributed by atoms with Gasteiger partial charge in [-0.3, -0.25) is 14.9 Å². The molecule has 3 atom stereocenters. The monoisotopic (exact) mass is 339 g/mol. The zero-order valence-corrected chi connectivity index (χ0v) is 13.9. The van der Waals surface area contributed by atoms with Gasteiger partial charge in [-0.2, -0.15) is 0 Å². The number of nitro groups is 1. The maximum Gasteiger partial charge on any atom is 0.274 e. The fourth-order valence-corrected chi connectivity index (χ4v) is 3.63. The highest BCUT2D eigenvalue weighted by Gasteiger charge is 2.38. The fourth-order valence-electron chi connectivity index (χ4n) is 3.63. The van der Waals surface area contributed by atoms with E-state index in [0.717, 1.165) is 12.8 Å². The Morgan fingerprint density at radius 2 is 2.09 bits per heavy atom. The summed E-state index contributed by atoms with van der Waals surface area (Å²) in [5.74, 6) is 0.504.